The van der Waals surface area contributed by atoms with Gasteiger partial charge in [0.25, 0.3) is 0 Å². The Morgan fingerprint density at radius 3 is 0.746 bits per heavy atom. The lowest BCUT2D eigenvalue weighted by Gasteiger charge is -2.38. The first-order valence-corrected chi connectivity index (χ1v) is 16.1. The predicted molar refractivity (Wildman–Crippen MR) is 132 cm³/mol. The molecule has 0 fully saturated rings. The fourth-order valence-corrected chi connectivity index (χ4v) is 4.54. The van der Waals surface area contributed by atoms with Crippen LogP contribution in [0.3, 0.4) is 0 Å². The summed E-state index contributed by atoms with van der Waals surface area (Å²) in [6.07, 6.45) is -15.7. The number of halogens is 26. The van der Waals surface area contributed by atoms with E-state index in [9.17, 15) is 131 Å². The fraction of sp³-hybridized carbons (Fsp3) is 0.500. The molecule has 2 rings (SSSR count). The van der Waals surface area contributed by atoms with Gasteiger partial charge in [0.1, 0.15) is 11.5 Å². The van der Waals surface area contributed by atoms with Crippen LogP contribution in [-0.2, 0) is 40.4 Å². The Hall–Kier alpha value is -3.76. The number of ether oxygens (including phenoxy) is 1. The van der Waals surface area contributed by atoms with Crippen molar-refractivity contribution in [3.8, 4) is 11.5 Å². The van der Waals surface area contributed by atoms with Gasteiger partial charge >= 0.3 is 90.9 Å². The minimum absolute atomic E-state index is 0.0935. The normalized spacial score (nSPS) is 15.7. The lowest BCUT2D eigenvalue weighted by Crippen LogP contribution is -2.67. The molecule has 0 aliphatic rings. The summed E-state index contributed by atoms with van der Waals surface area (Å²) in [5.41, 5.74) is -19.4. The van der Waals surface area contributed by atoms with E-state index in [1.165, 1.54) is 0 Å². The van der Waals surface area contributed by atoms with E-state index in [2.05, 4.69) is 4.74 Å². The highest BCUT2D eigenvalue weighted by molar-refractivity contribution is 7.87. The molecule has 0 saturated heterocycles. The van der Waals surface area contributed by atoms with E-state index in [1.54, 1.807) is 8.37 Å². The van der Waals surface area contributed by atoms with Crippen molar-refractivity contribution in [1.29, 1.82) is 0 Å². The van der Waals surface area contributed by atoms with Gasteiger partial charge < -0.3 is 4.74 Å². The van der Waals surface area contributed by atoms with E-state index >= 15 is 0 Å². The van der Waals surface area contributed by atoms with Gasteiger partial charge in [-0.1, -0.05) is 0 Å². The highest BCUT2D eigenvalue weighted by atomic mass is 32.2. The van der Waals surface area contributed by atoms with Crippen LogP contribution in [0.5, 0.6) is 11.5 Å². The minimum atomic E-state index is -8.23. The molecule has 0 bridgehead atoms. The Bertz CT molecular complexity index is 1910. The molecule has 59 heavy (non-hydrogen) atoms. The Kier molecular flexibility index (Phi) is 12.6. The summed E-state index contributed by atoms with van der Waals surface area (Å²) in [5.74, 6) is -64.5. The molecule has 0 aliphatic carbocycles. The monoisotopic (exact) mass is 966 g/mol. The van der Waals surface area contributed by atoms with Gasteiger partial charge in [-0.15, -0.1) is 0 Å². The quantitative estimate of drug-likeness (QED) is 0.0939. The first-order chi connectivity index (χ1) is 25.6. The van der Waals surface area contributed by atoms with Crippen molar-refractivity contribution in [2.24, 2.45) is 0 Å². The average molecular weight is 966 g/mol. The molecule has 7 nitrogen and oxygen atoms in total. The van der Waals surface area contributed by atoms with Gasteiger partial charge in [0.15, 0.2) is 0 Å². The lowest BCUT2D eigenvalue weighted by atomic mass is 9.93. The summed E-state index contributed by atoms with van der Waals surface area (Å²) in [4.78, 5) is 0. The van der Waals surface area contributed by atoms with Crippen molar-refractivity contribution in [2.45, 2.75) is 70.6 Å². The third-order valence-corrected chi connectivity index (χ3v) is 8.75. The van der Waals surface area contributed by atoms with Crippen LogP contribution in [0.25, 0.3) is 0 Å². The number of hydrogen-bond donors (Lipinski definition) is 0. The van der Waals surface area contributed by atoms with Gasteiger partial charge in [0.05, 0.1) is 0 Å². The molecular weight excluding hydrogens is 958 g/mol. The molecule has 0 atom stereocenters. The Morgan fingerprint density at radius 2 is 0.542 bits per heavy atom. The molecule has 0 saturated carbocycles. The van der Waals surface area contributed by atoms with Gasteiger partial charge in [-0.2, -0.15) is 139 Å². The first-order valence-electron chi connectivity index (χ1n) is 13.3. The minimum Gasteiger partial charge on any atom is -0.457 e. The maximum absolute atomic E-state index is 14.5. The molecule has 0 aromatic heterocycles. The molecule has 0 N–H and O–H groups in total. The van der Waals surface area contributed by atoms with Gasteiger partial charge in [-0.25, -0.2) is 0 Å². The number of rotatable bonds is 16. The second-order valence-corrected chi connectivity index (χ2v) is 13.8. The zero-order chi connectivity index (χ0) is 47.1. The highest BCUT2D eigenvalue weighted by Crippen LogP contribution is 2.62. The van der Waals surface area contributed by atoms with E-state index in [4.69, 9.17) is 0 Å². The zero-order valence-electron chi connectivity index (χ0n) is 26.1. The Labute approximate surface area is 306 Å². The van der Waals surface area contributed by atoms with Crippen LogP contribution in [0.4, 0.5) is 114 Å². The first kappa shape index (κ1) is 51.4. The van der Waals surface area contributed by atoms with Gasteiger partial charge in [0, 0.05) is 11.1 Å². The van der Waals surface area contributed by atoms with Crippen LogP contribution in [-0.4, -0.2) is 75.6 Å². The summed E-state index contributed by atoms with van der Waals surface area (Å²) >= 11 is 0. The van der Waals surface area contributed by atoms with Gasteiger partial charge in [-0.3, -0.25) is 0 Å². The van der Waals surface area contributed by atoms with Crippen LogP contribution >= 0.6 is 0 Å². The van der Waals surface area contributed by atoms with E-state index in [1.807, 2.05) is 0 Å². The molecule has 0 amide bonds. The predicted octanol–water partition coefficient (Wildman–Crippen LogP) is 10.4. The van der Waals surface area contributed by atoms with E-state index in [-0.39, 0.29) is 24.3 Å². The van der Waals surface area contributed by atoms with Crippen molar-refractivity contribution in [3.63, 3.8) is 0 Å². The fourth-order valence-electron chi connectivity index (χ4n) is 3.59. The topological polar surface area (TPSA) is 96.0 Å². The summed E-state index contributed by atoms with van der Waals surface area (Å²) in [6, 6.07) is -2.41. The second-order valence-electron chi connectivity index (χ2n) is 10.7. The SMILES string of the molecule is O=S(=O)(OC(F)(F)C(F)(F)C(F)(F)C(F)(F)C(F)(F)c1ccc(Oc2ccc(C(F)(F)C(F)(F)C(F)(F)C(F)(F)C(F)(F)OS(=O)(=O)C(F)(F)F)cc2)cc1)C(F)(F)F. The van der Waals surface area contributed by atoms with Crippen LogP contribution in [0.15, 0.2) is 48.5 Å². The van der Waals surface area contributed by atoms with Crippen LogP contribution in [0.2, 0.25) is 0 Å². The summed E-state index contributed by atoms with van der Waals surface area (Å²) in [6.45, 7) is 0. The van der Waals surface area contributed by atoms with Crippen molar-refractivity contribution in [2.75, 3.05) is 0 Å². The van der Waals surface area contributed by atoms with Crippen LogP contribution < -0.4 is 4.74 Å². The smallest absolute Gasteiger partial charge is 0.457 e. The standard InChI is InChI=1S/C24H8F26O7S2/c25-13(26,15(29,30)17(33,34)19(37,38)21(41,42)56-58(51,52)23(45,46)47)9-1-5-11(6-2-9)55-12-7-3-10(4-8-12)14(27,28)16(31,32)18(35,36)20(39,40)22(43,44)57-59(53,54)24(48,49)50/h1-8H. The third-order valence-electron chi connectivity index (χ3n) is 6.76. The molecule has 2 aromatic rings. The third kappa shape index (κ3) is 8.21. The van der Waals surface area contributed by atoms with E-state index in [0.717, 1.165) is 0 Å². The average Bonchev–Trinajstić information content (AvgIpc) is 3.02. The summed E-state index contributed by atoms with van der Waals surface area (Å²) in [7, 11) is -16.0. The summed E-state index contributed by atoms with van der Waals surface area (Å²) < 4.78 is 404. The Balaban J connectivity index is 2.42. The van der Waals surface area contributed by atoms with Gasteiger partial charge in [0.2, 0.25) is 0 Å². The van der Waals surface area contributed by atoms with Crippen LogP contribution in [0, 0.1) is 0 Å². The van der Waals surface area contributed by atoms with Crippen LogP contribution in [0.1, 0.15) is 11.1 Å². The molecule has 0 radical (unpaired) electrons. The van der Waals surface area contributed by atoms with Crippen molar-refractivity contribution >= 4 is 20.2 Å². The number of hydrogen-bond acceptors (Lipinski definition) is 7. The number of alkyl halides is 26. The molecule has 0 unspecified atom stereocenters. The van der Waals surface area contributed by atoms with E-state index in [0.29, 0.717) is 0 Å². The second kappa shape index (κ2) is 14.4. The molecule has 2 aromatic carbocycles. The maximum Gasteiger partial charge on any atom is 0.523 e. The molecule has 340 valence electrons. The van der Waals surface area contributed by atoms with Crippen molar-refractivity contribution in [3.05, 3.63) is 59.7 Å². The Morgan fingerprint density at radius 1 is 0.322 bits per heavy atom. The van der Waals surface area contributed by atoms with Crippen molar-refractivity contribution in [1.82, 2.24) is 0 Å². The highest BCUT2D eigenvalue weighted by Gasteiger charge is 2.89. The maximum atomic E-state index is 14.5. The molecular formula is C24H8F26O7S2. The summed E-state index contributed by atoms with van der Waals surface area (Å²) in [5, 5.41) is 0. The van der Waals surface area contributed by atoms with E-state index < -0.39 is 138 Å². The molecule has 0 heterocycles. The lowest BCUT2D eigenvalue weighted by molar-refractivity contribution is -0.433. The molecule has 35 heteroatoms. The largest absolute Gasteiger partial charge is 0.523 e. The zero-order valence-corrected chi connectivity index (χ0v) is 27.8. The molecule has 0 spiro atoms. The van der Waals surface area contributed by atoms with Crippen molar-refractivity contribution < 1.29 is 144 Å². The molecule has 0 aliphatic heterocycles. The van der Waals surface area contributed by atoms with Gasteiger partial charge in [-0.05, 0) is 48.5 Å². The number of benzene rings is 2.